The van der Waals surface area contributed by atoms with Crippen molar-refractivity contribution < 1.29 is 84.3 Å². The molecular formula is C40H64O17. The van der Waals surface area contributed by atoms with Crippen molar-refractivity contribution in [3.05, 3.63) is 17.9 Å². The average molecular weight is 817 g/mol. The van der Waals surface area contributed by atoms with Crippen molar-refractivity contribution in [2.24, 2.45) is 34.0 Å². The first-order chi connectivity index (χ1) is 26.8. The molecule has 0 spiro atoms. The Balaban J connectivity index is 1.29. The minimum atomic E-state index is -1.74. The molecule has 3 aliphatic carbocycles. The maximum Gasteiger partial charge on any atom is 0.314 e. The predicted molar refractivity (Wildman–Crippen MR) is 195 cm³/mol. The number of carbonyl (C=O) groups is 1. The lowest BCUT2D eigenvalue weighted by molar-refractivity contribution is -0.371. The highest BCUT2D eigenvalue weighted by Crippen LogP contribution is 2.68. The van der Waals surface area contributed by atoms with Crippen LogP contribution in [0.15, 0.2) is 17.9 Å². The van der Waals surface area contributed by atoms with Gasteiger partial charge in [0.1, 0.15) is 67.1 Å². The summed E-state index contributed by atoms with van der Waals surface area (Å²) in [6.45, 7) is 12.4. The molecule has 3 saturated heterocycles. The van der Waals surface area contributed by atoms with Gasteiger partial charge in [-0.05, 0) is 80.6 Å². The summed E-state index contributed by atoms with van der Waals surface area (Å²) in [5, 5.41) is 105. The van der Waals surface area contributed by atoms with E-state index in [4.69, 9.17) is 28.4 Å². The molecule has 17 unspecified atom stereocenters. The van der Waals surface area contributed by atoms with Crippen molar-refractivity contribution in [2.75, 3.05) is 13.2 Å². The Labute approximate surface area is 332 Å². The Morgan fingerprint density at radius 1 is 0.737 bits per heavy atom. The number of ether oxygens (including phenoxy) is 6. The van der Waals surface area contributed by atoms with Crippen LogP contribution >= 0.6 is 0 Å². The van der Waals surface area contributed by atoms with Gasteiger partial charge in [0.05, 0.1) is 30.8 Å². The molecule has 6 aliphatic rings. The highest BCUT2D eigenvalue weighted by atomic mass is 16.8. The number of rotatable bonds is 8. The van der Waals surface area contributed by atoms with Gasteiger partial charge in [-0.2, -0.15) is 0 Å². The van der Waals surface area contributed by atoms with E-state index in [1.807, 2.05) is 13.8 Å². The molecular weight excluding hydrogens is 752 g/mol. The zero-order valence-electron chi connectivity index (χ0n) is 33.4. The highest BCUT2D eigenvalue weighted by Gasteiger charge is 2.64. The zero-order chi connectivity index (χ0) is 41.9. The molecule has 57 heavy (non-hydrogen) atoms. The summed E-state index contributed by atoms with van der Waals surface area (Å²) in [6.07, 6.45) is -18.9. The molecule has 0 bridgehead atoms. The van der Waals surface area contributed by atoms with E-state index in [0.29, 0.717) is 32.1 Å². The zero-order valence-corrected chi connectivity index (χ0v) is 33.4. The van der Waals surface area contributed by atoms with Gasteiger partial charge in [-0.1, -0.05) is 33.8 Å². The summed E-state index contributed by atoms with van der Waals surface area (Å²) in [4.78, 5) is 14.3. The number of hydrogen-bond acceptors (Lipinski definition) is 17. The second-order valence-corrected chi connectivity index (χ2v) is 18.2. The Bertz CT molecular complexity index is 1470. The molecule has 3 heterocycles. The Hall–Kier alpha value is -1.61. The third-order valence-corrected chi connectivity index (χ3v) is 14.8. The molecule has 0 radical (unpaired) electrons. The van der Waals surface area contributed by atoms with Gasteiger partial charge >= 0.3 is 5.97 Å². The molecule has 22 atom stereocenters. The standard InChI is InChI=1S/C40H64O17/c1-7-19-14-38(4)12-9-23-39(5,10-8-11-40(23,6)37(51)57-35-32(50)29(47)26(44)21(15-41)54-35)24(38)13-20(17(19)2)53-36-33(30(48)27(45)22(16-42)55-36)56-34-31(49)28(46)25(43)18(3)52-34/h17-18,20-36,41-50H,1,8-16H2,2-6H3/t17-,18?,20?,21?,22?,23?,24-,25?,26?,27?,28?,29?,30?,31?,32?,33?,34?,35?,36?,38-,39-,40-/m1/s1. The Kier molecular flexibility index (Phi) is 13.4. The van der Waals surface area contributed by atoms with Crippen LogP contribution in [0.25, 0.3) is 0 Å². The second kappa shape index (κ2) is 17.0. The SMILES string of the molecule is C=C=C1C[C@@]2(C)CCC3[C@](C)(C(=O)OC4OC(CO)C(O)C(O)C4O)CCC[C@@]3(C)[C@@H]2CC(OC2OC(CO)C(O)C(O)C2OC2OC(C)C(O)C(O)C2O)[C@@H]1C. The van der Waals surface area contributed by atoms with Gasteiger partial charge in [-0.25, -0.2) is 0 Å². The van der Waals surface area contributed by atoms with E-state index < -0.39 is 128 Å². The molecule has 3 aliphatic heterocycles. The van der Waals surface area contributed by atoms with Crippen LogP contribution in [0.2, 0.25) is 0 Å². The number of esters is 1. The molecule has 326 valence electrons. The van der Waals surface area contributed by atoms with Crippen LogP contribution in [0, 0.1) is 34.0 Å². The normalized spacial score (nSPS) is 53.2. The van der Waals surface area contributed by atoms with Crippen molar-refractivity contribution >= 4 is 5.97 Å². The average Bonchev–Trinajstić information content (AvgIpc) is 3.29. The number of hydrogen-bond donors (Lipinski definition) is 10. The molecule has 3 saturated carbocycles. The van der Waals surface area contributed by atoms with Crippen LogP contribution in [0.4, 0.5) is 0 Å². The minimum Gasteiger partial charge on any atom is -0.432 e. The van der Waals surface area contributed by atoms with Crippen molar-refractivity contribution in [2.45, 2.75) is 178 Å². The summed E-state index contributed by atoms with van der Waals surface area (Å²) in [5.74, 6) is -1.22. The fourth-order valence-corrected chi connectivity index (χ4v) is 11.3. The molecule has 0 aromatic heterocycles. The third-order valence-electron chi connectivity index (χ3n) is 14.8. The summed E-state index contributed by atoms with van der Waals surface area (Å²) in [5.41, 5.74) is 2.21. The summed E-state index contributed by atoms with van der Waals surface area (Å²) in [6, 6.07) is 0. The lowest BCUT2D eigenvalue weighted by Gasteiger charge is -2.62. The van der Waals surface area contributed by atoms with E-state index in [2.05, 4.69) is 26.2 Å². The van der Waals surface area contributed by atoms with Gasteiger partial charge in [-0.15, -0.1) is 5.73 Å². The monoisotopic (exact) mass is 816 g/mol. The highest BCUT2D eigenvalue weighted by molar-refractivity contribution is 5.77. The molecule has 6 rings (SSSR count). The fraction of sp³-hybridized carbons (Fsp3) is 0.900. The van der Waals surface area contributed by atoms with E-state index in [0.717, 1.165) is 18.4 Å². The van der Waals surface area contributed by atoms with Crippen molar-refractivity contribution in [3.63, 3.8) is 0 Å². The number of aliphatic hydroxyl groups is 10. The lowest BCUT2D eigenvalue weighted by Crippen LogP contribution is -2.64. The quantitative estimate of drug-likeness (QED) is 0.101. The number of fused-ring (bicyclic) bond motifs is 3. The second-order valence-electron chi connectivity index (χ2n) is 18.2. The molecule has 17 heteroatoms. The van der Waals surface area contributed by atoms with Gasteiger partial charge in [0.2, 0.25) is 6.29 Å². The van der Waals surface area contributed by atoms with E-state index in [1.54, 1.807) is 0 Å². The van der Waals surface area contributed by atoms with Crippen LogP contribution in [-0.4, -0.2) is 168 Å². The lowest BCUT2D eigenvalue weighted by atomic mass is 9.42. The summed E-state index contributed by atoms with van der Waals surface area (Å²) >= 11 is 0. The van der Waals surface area contributed by atoms with Crippen LogP contribution in [0.3, 0.4) is 0 Å². The number of aliphatic hydroxyl groups excluding tert-OH is 10. The van der Waals surface area contributed by atoms with Gasteiger partial charge in [0, 0.05) is 5.92 Å². The van der Waals surface area contributed by atoms with Crippen molar-refractivity contribution in [1.29, 1.82) is 0 Å². The molecule has 0 aromatic rings. The van der Waals surface area contributed by atoms with Crippen molar-refractivity contribution in [3.8, 4) is 0 Å². The van der Waals surface area contributed by atoms with E-state index in [-0.39, 0.29) is 23.2 Å². The minimum absolute atomic E-state index is 0.0881. The summed E-state index contributed by atoms with van der Waals surface area (Å²) in [7, 11) is 0. The molecule has 17 nitrogen and oxygen atoms in total. The van der Waals surface area contributed by atoms with Gasteiger partial charge < -0.3 is 79.5 Å². The maximum atomic E-state index is 14.3. The van der Waals surface area contributed by atoms with Crippen molar-refractivity contribution in [1.82, 2.24) is 0 Å². The van der Waals surface area contributed by atoms with Crippen LogP contribution in [-0.2, 0) is 33.2 Å². The van der Waals surface area contributed by atoms with Gasteiger partial charge in [-0.3, -0.25) is 4.79 Å². The molecule has 0 aromatic carbocycles. The molecule has 0 amide bonds. The predicted octanol–water partition coefficient (Wildman–Crippen LogP) is -1.26. The van der Waals surface area contributed by atoms with Crippen LogP contribution < -0.4 is 0 Å². The third kappa shape index (κ3) is 7.91. The maximum absolute atomic E-state index is 14.3. The van der Waals surface area contributed by atoms with E-state index in [9.17, 15) is 55.9 Å². The Morgan fingerprint density at radius 2 is 1.33 bits per heavy atom. The van der Waals surface area contributed by atoms with Gasteiger partial charge in [0.25, 0.3) is 0 Å². The summed E-state index contributed by atoms with van der Waals surface area (Å²) < 4.78 is 35.9. The van der Waals surface area contributed by atoms with Crippen LogP contribution in [0.1, 0.15) is 79.6 Å². The molecule has 10 N–H and O–H groups in total. The smallest absolute Gasteiger partial charge is 0.314 e. The van der Waals surface area contributed by atoms with E-state index in [1.165, 1.54) is 6.92 Å². The fourth-order valence-electron chi connectivity index (χ4n) is 11.3. The first-order valence-corrected chi connectivity index (χ1v) is 20.3. The Morgan fingerprint density at radius 3 is 1.96 bits per heavy atom. The topological polar surface area (TPSA) is 275 Å². The van der Waals surface area contributed by atoms with E-state index >= 15 is 0 Å². The van der Waals surface area contributed by atoms with Crippen LogP contribution in [0.5, 0.6) is 0 Å². The first kappa shape index (κ1) is 44.9. The molecule has 6 fully saturated rings. The first-order valence-electron chi connectivity index (χ1n) is 20.3. The van der Waals surface area contributed by atoms with Gasteiger partial charge in [0.15, 0.2) is 12.6 Å². The number of carbonyl (C=O) groups excluding carboxylic acids is 1. The largest absolute Gasteiger partial charge is 0.432 e.